The van der Waals surface area contributed by atoms with Crippen LogP contribution in [0.15, 0.2) is 30.6 Å². The van der Waals surface area contributed by atoms with Crippen LogP contribution in [0.2, 0.25) is 0 Å². The summed E-state index contributed by atoms with van der Waals surface area (Å²) in [6.07, 6.45) is 6.44. The first kappa shape index (κ1) is 12.2. The SMILES string of the molecule is NNC(CCc1ccc2c(c1)CCO2)c1ncc[nH]1. The highest BCUT2D eigenvalue weighted by Crippen LogP contribution is 2.27. The largest absolute Gasteiger partial charge is 0.493 e. The number of hydrogen-bond acceptors (Lipinski definition) is 4. The first-order valence-electron chi connectivity index (χ1n) is 6.57. The molecule has 1 aliphatic rings. The molecule has 0 amide bonds. The molecule has 4 N–H and O–H groups in total. The molecule has 0 radical (unpaired) electrons. The smallest absolute Gasteiger partial charge is 0.124 e. The molecule has 0 saturated heterocycles. The molecule has 100 valence electrons. The molecule has 1 atom stereocenters. The van der Waals surface area contributed by atoms with Crippen molar-refractivity contribution in [3.63, 3.8) is 0 Å². The molecule has 5 heteroatoms. The van der Waals surface area contributed by atoms with E-state index in [1.165, 1.54) is 11.1 Å². The molecule has 1 aromatic carbocycles. The lowest BCUT2D eigenvalue weighted by Crippen LogP contribution is -2.29. The third-order valence-electron chi connectivity index (χ3n) is 3.53. The quantitative estimate of drug-likeness (QED) is 0.561. The number of aromatic nitrogens is 2. The van der Waals surface area contributed by atoms with E-state index in [0.29, 0.717) is 0 Å². The van der Waals surface area contributed by atoms with Crippen LogP contribution in [0.5, 0.6) is 5.75 Å². The molecule has 19 heavy (non-hydrogen) atoms. The number of nitrogens with two attached hydrogens (primary N) is 1. The highest BCUT2D eigenvalue weighted by Gasteiger charge is 2.14. The summed E-state index contributed by atoms with van der Waals surface area (Å²) in [5.74, 6) is 7.50. The number of fused-ring (bicyclic) bond motifs is 1. The lowest BCUT2D eigenvalue weighted by atomic mass is 10.0. The van der Waals surface area contributed by atoms with Crippen LogP contribution < -0.4 is 16.0 Å². The summed E-state index contributed by atoms with van der Waals surface area (Å²) in [5.41, 5.74) is 5.44. The van der Waals surface area contributed by atoms with Crippen molar-refractivity contribution >= 4 is 0 Å². The van der Waals surface area contributed by atoms with Gasteiger partial charge in [0.2, 0.25) is 0 Å². The molecule has 0 saturated carbocycles. The topological polar surface area (TPSA) is 76.0 Å². The van der Waals surface area contributed by atoms with E-state index < -0.39 is 0 Å². The van der Waals surface area contributed by atoms with Gasteiger partial charge >= 0.3 is 0 Å². The standard InChI is InChI=1S/C14H18N4O/c15-18-12(14-16-6-7-17-14)3-1-10-2-4-13-11(9-10)5-8-19-13/h2,4,6-7,9,12,18H,1,3,5,8,15H2,(H,16,17). The Labute approximate surface area is 112 Å². The van der Waals surface area contributed by atoms with E-state index in [-0.39, 0.29) is 6.04 Å². The van der Waals surface area contributed by atoms with Crippen molar-refractivity contribution in [2.75, 3.05) is 6.61 Å². The fourth-order valence-corrected chi connectivity index (χ4v) is 2.47. The molecule has 1 aliphatic heterocycles. The number of nitrogens with one attached hydrogen (secondary N) is 2. The Bertz CT molecular complexity index is 538. The zero-order valence-electron chi connectivity index (χ0n) is 10.7. The summed E-state index contributed by atoms with van der Waals surface area (Å²) in [4.78, 5) is 7.33. The minimum atomic E-state index is 0.0551. The maximum absolute atomic E-state index is 5.59. The molecular weight excluding hydrogens is 240 g/mol. The molecule has 0 spiro atoms. The van der Waals surface area contributed by atoms with Gasteiger partial charge in [0.1, 0.15) is 11.6 Å². The summed E-state index contributed by atoms with van der Waals surface area (Å²) in [5, 5.41) is 0. The second kappa shape index (κ2) is 5.42. The molecule has 1 aromatic heterocycles. The maximum Gasteiger partial charge on any atom is 0.124 e. The molecule has 0 aliphatic carbocycles. The van der Waals surface area contributed by atoms with Crippen LogP contribution in [0.3, 0.4) is 0 Å². The second-order valence-electron chi connectivity index (χ2n) is 4.77. The fourth-order valence-electron chi connectivity index (χ4n) is 2.47. The summed E-state index contributed by atoms with van der Waals surface area (Å²) < 4.78 is 5.51. The van der Waals surface area contributed by atoms with Gasteiger partial charge in [-0.2, -0.15) is 0 Å². The van der Waals surface area contributed by atoms with Crippen LogP contribution in [0.4, 0.5) is 0 Å². The predicted octanol–water partition coefficient (Wildman–Crippen LogP) is 1.48. The van der Waals surface area contributed by atoms with Crippen molar-refractivity contribution in [1.82, 2.24) is 15.4 Å². The van der Waals surface area contributed by atoms with Gasteiger partial charge in [0.15, 0.2) is 0 Å². The van der Waals surface area contributed by atoms with Crippen LogP contribution in [0, 0.1) is 0 Å². The van der Waals surface area contributed by atoms with Gasteiger partial charge in [0.25, 0.3) is 0 Å². The van der Waals surface area contributed by atoms with Crippen molar-refractivity contribution < 1.29 is 4.74 Å². The minimum absolute atomic E-state index is 0.0551. The van der Waals surface area contributed by atoms with E-state index in [9.17, 15) is 0 Å². The van der Waals surface area contributed by atoms with Crippen molar-refractivity contribution in [2.45, 2.75) is 25.3 Å². The fraction of sp³-hybridized carbons (Fsp3) is 0.357. The molecule has 1 unspecified atom stereocenters. The Morgan fingerprint density at radius 2 is 2.42 bits per heavy atom. The average molecular weight is 258 g/mol. The highest BCUT2D eigenvalue weighted by atomic mass is 16.5. The van der Waals surface area contributed by atoms with Gasteiger partial charge in [-0.25, -0.2) is 10.4 Å². The maximum atomic E-state index is 5.59. The lowest BCUT2D eigenvalue weighted by molar-refractivity contribution is 0.357. The number of ether oxygens (including phenoxy) is 1. The Morgan fingerprint density at radius 3 is 3.21 bits per heavy atom. The summed E-state index contributed by atoms with van der Waals surface area (Å²) in [7, 11) is 0. The molecule has 2 heterocycles. The number of benzene rings is 1. The number of rotatable bonds is 5. The van der Waals surface area contributed by atoms with E-state index in [4.69, 9.17) is 10.6 Å². The lowest BCUT2D eigenvalue weighted by Gasteiger charge is -2.13. The third-order valence-corrected chi connectivity index (χ3v) is 3.53. The molecular formula is C14H18N4O. The monoisotopic (exact) mass is 258 g/mol. The molecule has 0 bridgehead atoms. The molecule has 2 aromatic rings. The van der Waals surface area contributed by atoms with Gasteiger partial charge in [0, 0.05) is 18.8 Å². The number of hydrazine groups is 1. The summed E-state index contributed by atoms with van der Waals surface area (Å²) in [6, 6.07) is 6.48. The van der Waals surface area contributed by atoms with E-state index in [2.05, 4.69) is 33.6 Å². The van der Waals surface area contributed by atoms with Gasteiger partial charge in [0.05, 0.1) is 12.6 Å². The summed E-state index contributed by atoms with van der Waals surface area (Å²) >= 11 is 0. The zero-order chi connectivity index (χ0) is 13.1. The number of imidazole rings is 1. The Balaban J connectivity index is 1.65. The van der Waals surface area contributed by atoms with Gasteiger partial charge in [-0.05, 0) is 30.0 Å². The van der Waals surface area contributed by atoms with Crippen molar-refractivity contribution in [1.29, 1.82) is 0 Å². The number of aryl methyl sites for hydroxylation is 1. The number of H-pyrrole nitrogens is 1. The van der Waals surface area contributed by atoms with Crippen LogP contribution in [-0.4, -0.2) is 16.6 Å². The first-order valence-corrected chi connectivity index (χ1v) is 6.57. The Hall–Kier alpha value is -1.85. The first-order chi connectivity index (χ1) is 9.36. The van der Waals surface area contributed by atoms with Crippen molar-refractivity contribution in [3.05, 3.63) is 47.5 Å². The van der Waals surface area contributed by atoms with Crippen LogP contribution >= 0.6 is 0 Å². The molecule has 5 nitrogen and oxygen atoms in total. The Morgan fingerprint density at radius 1 is 1.47 bits per heavy atom. The van der Waals surface area contributed by atoms with Gasteiger partial charge in [-0.3, -0.25) is 5.84 Å². The minimum Gasteiger partial charge on any atom is -0.493 e. The predicted molar refractivity (Wildman–Crippen MR) is 72.6 cm³/mol. The van der Waals surface area contributed by atoms with E-state index in [1.807, 2.05) is 6.20 Å². The zero-order valence-corrected chi connectivity index (χ0v) is 10.7. The Kier molecular flexibility index (Phi) is 3.48. The normalized spacial score (nSPS) is 15.0. The van der Waals surface area contributed by atoms with Gasteiger partial charge < -0.3 is 9.72 Å². The van der Waals surface area contributed by atoms with Crippen LogP contribution in [-0.2, 0) is 12.8 Å². The van der Waals surface area contributed by atoms with Crippen LogP contribution in [0.25, 0.3) is 0 Å². The van der Waals surface area contributed by atoms with Crippen LogP contribution in [0.1, 0.15) is 29.4 Å². The second-order valence-corrected chi connectivity index (χ2v) is 4.77. The number of aromatic amines is 1. The van der Waals surface area contributed by atoms with E-state index >= 15 is 0 Å². The third kappa shape index (κ3) is 2.62. The highest BCUT2D eigenvalue weighted by molar-refractivity contribution is 5.39. The van der Waals surface area contributed by atoms with Crippen molar-refractivity contribution in [2.24, 2.45) is 5.84 Å². The van der Waals surface area contributed by atoms with Gasteiger partial charge in [-0.15, -0.1) is 0 Å². The number of hydrogen-bond donors (Lipinski definition) is 3. The summed E-state index contributed by atoms with van der Waals surface area (Å²) in [6.45, 7) is 0.804. The van der Waals surface area contributed by atoms with Crippen molar-refractivity contribution in [3.8, 4) is 5.75 Å². The molecule has 0 fully saturated rings. The van der Waals surface area contributed by atoms with E-state index in [1.54, 1.807) is 6.20 Å². The van der Waals surface area contributed by atoms with E-state index in [0.717, 1.165) is 37.4 Å². The number of nitrogens with zero attached hydrogens (tertiary/aromatic N) is 1. The molecule has 3 rings (SSSR count). The van der Waals surface area contributed by atoms with Gasteiger partial charge in [-0.1, -0.05) is 12.1 Å². The average Bonchev–Trinajstić information content (AvgIpc) is 3.10.